The highest BCUT2D eigenvalue weighted by Gasteiger charge is 2.13. The van der Waals surface area contributed by atoms with Crippen molar-refractivity contribution < 1.29 is 13.9 Å². The third kappa shape index (κ3) is 3.82. The number of benzene rings is 2. The maximum Gasteiger partial charge on any atom is 0.230 e. The second kappa shape index (κ2) is 7.42. The van der Waals surface area contributed by atoms with E-state index in [1.54, 1.807) is 19.4 Å². The Labute approximate surface area is 164 Å². The molecule has 2 heterocycles. The van der Waals surface area contributed by atoms with Crippen molar-refractivity contribution in [3.63, 3.8) is 0 Å². The molecule has 0 aliphatic carbocycles. The lowest BCUT2D eigenvalue weighted by atomic mass is 10.1. The van der Waals surface area contributed by atoms with Crippen LogP contribution in [0, 0.1) is 0 Å². The maximum absolute atomic E-state index is 12.4. The normalized spacial score (nSPS) is 10.9. The fraction of sp³-hybridized carbons (Fsp3) is 0.100. The van der Waals surface area contributed by atoms with Crippen molar-refractivity contribution in [2.45, 2.75) is 6.42 Å². The monoisotopic (exact) mass is 398 g/mol. The first-order valence-corrected chi connectivity index (χ1v) is 9.43. The van der Waals surface area contributed by atoms with Crippen LogP contribution < -0.4 is 10.1 Å². The number of furan rings is 1. The smallest absolute Gasteiger partial charge is 0.230 e. The van der Waals surface area contributed by atoms with Gasteiger partial charge in [-0.05, 0) is 24.3 Å². The van der Waals surface area contributed by atoms with Crippen LogP contribution in [-0.2, 0) is 11.2 Å². The van der Waals surface area contributed by atoms with Gasteiger partial charge in [-0.3, -0.25) is 4.79 Å². The van der Waals surface area contributed by atoms with E-state index >= 15 is 0 Å². The van der Waals surface area contributed by atoms with E-state index in [4.69, 9.17) is 20.8 Å². The molecule has 0 unspecified atom stereocenters. The summed E-state index contributed by atoms with van der Waals surface area (Å²) >= 11 is 7.29. The molecule has 1 N–H and O–H groups in total. The standard InChI is InChI=1S/C20H15ClN2O3S/c1-25-15-6-7-16-13(10-26-18(16)9-15)8-19(24)23-20-22-17(11-27-20)12-2-4-14(21)5-3-12/h2-7,9-11H,8H2,1H3,(H,22,23,24). The molecule has 0 bridgehead atoms. The topological polar surface area (TPSA) is 64.4 Å². The summed E-state index contributed by atoms with van der Waals surface area (Å²) in [4.78, 5) is 16.9. The lowest BCUT2D eigenvalue weighted by molar-refractivity contribution is -0.115. The largest absolute Gasteiger partial charge is 0.497 e. The minimum absolute atomic E-state index is 0.148. The third-order valence-electron chi connectivity index (χ3n) is 4.10. The van der Waals surface area contributed by atoms with Gasteiger partial charge >= 0.3 is 0 Å². The highest BCUT2D eigenvalue weighted by molar-refractivity contribution is 7.14. The molecule has 0 aliphatic rings. The Morgan fingerprint density at radius 1 is 1.26 bits per heavy atom. The van der Waals surface area contributed by atoms with Crippen molar-refractivity contribution in [1.29, 1.82) is 0 Å². The quantitative estimate of drug-likeness (QED) is 0.489. The maximum atomic E-state index is 12.4. The van der Waals surface area contributed by atoms with Gasteiger partial charge in [0.25, 0.3) is 0 Å². The molecular weight excluding hydrogens is 384 g/mol. The molecule has 2 aromatic carbocycles. The van der Waals surface area contributed by atoms with Gasteiger partial charge in [0.05, 0.1) is 25.5 Å². The summed E-state index contributed by atoms with van der Waals surface area (Å²) in [6.45, 7) is 0. The zero-order valence-electron chi connectivity index (χ0n) is 14.4. The second-order valence-electron chi connectivity index (χ2n) is 5.89. The molecule has 0 fully saturated rings. The van der Waals surface area contributed by atoms with Gasteiger partial charge in [0.2, 0.25) is 5.91 Å². The number of methoxy groups -OCH3 is 1. The number of nitrogens with zero attached hydrogens (tertiary/aromatic N) is 1. The van der Waals surface area contributed by atoms with Gasteiger partial charge in [-0.15, -0.1) is 11.3 Å². The summed E-state index contributed by atoms with van der Waals surface area (Å²) in [7, 11) is 1.60. The van der Waals surface area contributed by atoms with E-state index < -0.39 is 0 Å². The molecule has 0 saturated carbocycles. The van der Waals surface area contributed by atoms with Crippen LogP contribution in [0.3, 0.4) is 0 Å². The van der Waals surface area contributed by atoms with Crippen molar-refractivity contribution in [1.82, 2.24) is 4.98 Å². The number of anilines is 1. The molecule has 0 atom stereocenters. The number of carbonyl (C=O) groups excluding carboxylic acids is 1. The Balaban J connectivity index is 1.46. The number of amides is 1. The number of hydrogen-bond acceptors (Lipinski definition) is 5. The molecule has 27 heavy (non-hydrogen) atoms. The molecule has 0 radical (unpaired) electrons. The number of carbonyl (C=O) groups is 1. The minimum atomic E-state index is -0.148. The summed E-state index contributed by atoms with van der Waals surface area (Å²) in [6, 6.07) is 13.0. The number of fused-ring (bicyclic) bond motifs is 1. The van der Waals surface area contributed by atoms with Crippen LogP contribution in [0.2, 0.25) is 5.02 Å². The molecule has 0 saturated heterocycles. The Morgan fingerprint density at radius 3 is 2.85 bits per heavy atom. The van der Waals surface area contributed by atoms with Gasteiger partial charge in [-0.1, -0.05) is 23.7 Å². The van der Waals surface area contributed by atoms with E-state index in [2.05, 4.69) is 10.3 Å². The van der Waals surface area contributed by atoms with Gasteiger partial charge in [0.15, 0.2) is 5.13 Å². The number of nitrogens with one attached hydrogen (secondary N) is 1. The van der Waals surface area contributed by atoms with Crippen LogP contribution in [0.5, 0.6) is 5.75 Å². The summed E-state index contributed by atoms with van der Waals surface area (Å²) in [5, 5.41) is 6.87. The Bertz CT molecular complexity index is 1100. The first-order valence-electron chi connectivity index (χ1n) is 8.18. The molecule has 7 heteroatoms. The molecule has 5 nitrogen and oxygen atoms in total. The molecule has 136 valence electrons. The lowest BCUT2D eigenvalue weighted by Crippen LogP contribution is -2.13. The van der Waals surface area contributed by atoms with Crippen molar-refractivity contribution in [3.05, 3.63) is 64.7 Å². The van der Waals surface area contributed by atoms with Crippen molar-refractivity contribution >= 4 is 44.9 Å². The van der Waals surface area contributed by atoms with Gasteiger partial charge in [-0.2, -0.15) is 0 Å². The predicted octanol–water partition coefficient (Wildman–Crippen LogP) is 5.40. The minimum Gasteiger partial charge on any atom is -0.497 e. The predicted molar refractivity (Wildman–Crippen MR) is 108 cm³/mol. The van der Waals surface area contributed by atoms with Crippen molar-refractivity contribution in [3.8, 4) is 17.0 Å². The number of ether oxygens (including phenoxy) is 1. The van der Waals surface area contributed by atoms with Crippen LogP contribution in [0.15, 0.2) is 58.5 Å². The zero-order valence-corrected chi connectivity index (χ0v) is 15.9. The summed E-state index contributed by atoms with van der Waals surface area (Å²) in [5.41, 5.74) is 3.26. The van der Waals surface area contributed by atoms with Gasteiger partial charge in [0, 0.05) is 33.0 Å². The summed E-state index contributed by atoms with van der Waals surface area (Å²) in [6.07, 6.45) is 1.81. The Kier molecular flexibility index (Phi) is 4.83. The molecule has 0 spiro atoms. The first-order chi connectivity index (χ1) is 13.1. The number of rotatable bonds is 5. The fourth-order valence-corrected chi connectivity index (χ4v) is 3.61. The third-order valence-corrected chi connectivity index (χ3v) is 5.11. The zero-order chi connectivity index (χ0) is 18.8. The SMILES string of the molecule is COc1ccc2c(CC(=O)Nc3nc(-c4ccc(Cl)cc4)cs3)coc2c1. The average molecular weight is 399 g/mol. The first kappa shape index (κ1) is 17.6. The van der Waals surface area contributed by atoms with Crippen LogP contribution in [-0.4, -0.2) is 18.0 Å². The van der Waals surface area contributed by atoms with Gasteiger partial charge < -0.3 is 14.5 Å². The van der Waals surface area contributed by atoms with E-state index in [1.807, 2.05) is 41.8 Å². The van der Waals surface area contributed by atoms with E-state index in [-0.39, 0.29) is 12.3 Å². The number of halogens is 1. The van der Waals surface area contributed by atoms with Gasteiger partial charge in [0.1, 0.15) is 11.3 Å². The van der Waals surface area contributed by atoms with Crippen LogP contribution in [0.25, 0.3) is 22.2 Å². The Hall–Kier alpha value is -2.83. The Morgan fingerprint density at radius 2 is 2.07 bits per heavy atom. The van der Waals surface area contributed by atoms with Crippen LogP contribution in [0.1, 0.15) is 5.56 Å². The van der Waals surface area contributed by atoms with Gasteiger partial charge in [-0.25, -0.2) is 4.98 Å². The highest BCUT2D eigenvalue weighted by atomic mass is 35.5. The summed E-state index contributed by atoms with van der Waals surface area (Å²) < 4.78 is 10.7. The second-order valence-corrected chi connectivity index (χ2v) is 7.19. The summed E-state index contributed by atoms with van der Waals surface area (Å²) in [5.74, 6) is 0.566. The fourth-order valence-electron chi connectivity index (χ4n) is 2.75. The van der Waals surface area contributed by atoms with E-state index in [9.17, 15) is 4.79 Å². The van der Waals surface area contributed by atoms with E-state index in [1.165, 1.54) is 11.3 Å². The van der Waals surface area contributed by atoms with Crippen molar-refractivity contribution in [2.75, 3.05) is 12.4 Å². The van der Waals surface area contributed by atoms with Crippen molar-refractivity contribution in [2.24, 2.45) is 0 Å². The number of aromatic nitrogens is 1. The number of hydrogen-bond donors (Lipinski definition) is 1. The molecule has 4 rings (SSSR count). The number of thiazole rings is 1. The van der Waals surface area contributed by atoms with E-state index in [0.717, 1.165) is 22.2 Å². The van der Waals surface area contributed by atoms with Crippen LogP contribution in [0.4, 0.5) is 5.13 Å². The average Bonchev–Trinajstić information content (AvgIpc) is 3.29. The molecule has 2 aromatic heterocycles. The highest BCUT2D eigenvalue weighted by Crippen LogP contribution is 2.28. The molecular formula is C20H15ClN2O3S. The molecule has 0 aliphatic heterocycles. The molecule has 4 aromatic rings. The lowest BCUT2D eigenvalue weighted by Gasteiger charge is -2.01. The van der Waals surface area contributed by atoms with Crippen LogP contribution >= 0.6 is 22.9 Å². The molecule has 1 amide bonds. The van der Waals surface area contributed by atoms with E-state index in [0.29, 0.717) is 21.5 Å².